The van der Waals surface area contributed by atoms with Crippen LogP contribution in [0.5, 0.6) is 0 Å². The third-order valence-electron chi connectivity index (χ3n) is 3.38. The number of thioether (sulfide) groups is 1. The lowest BCUT2D eigenvalue weighted by Crippen LogP contribution is -2.19. The lowest BCUT2D eigenvalue weighted by atomic mass is 10.3. The normalized spacial score (nSPS) is 12.2. The molecule has 1 aromatic carbocycles. The van der Waals surface area contributed by atoms with Crippen molar-refractivity contribution < 1.29 is 9.53 Å². The molecular formula is C16H17N5O2S. The van der Waals surface area contributed by atoms with Gasteiger partial charge in [0.25, 0.3) is 0 Å². The van der Waals surface area contributed by atoms with E-state index in [-0.39, 0.29) is 11.2 Å². The van der Waals surface area contributed by atoms with Gasteiger partial charge in [0.05, 0.1) is 12.3 Å². The maximum atomic E-state index is 12.0. The summed E-state index contributed by atoms with van der Waals surface area (Å²) >= 11 is 1.33. The molecule has 1 atom stereocenters. The van der Waals surface area contributed by atoms with Crippen LogP contribution in [0.25, 0.3) is 16.9 Å². The van der Waals surface area contributed by atoms with Gasteiger partial charge in [-0.1, -0.05) is 42.1 Å². The van der Waals surface area contributed by atoms with E-state index >= 15 is 0 Å². The Hall–Kier alpha value is -2.48. The van der Waals surface area contributed by atoms with Crippen molar-refractivity contribution >= 4 is 28.9 Å². The van der Waals surface area contributed by atoms with Crippen LogP contribution < -0.4 is 0 Å². The fraction of sp³-hybridized carbons (Fsp3) is 0.312. The minimum atomic E-state index is -0.329. The Bertz CT molecular complexity index is 837. The highest BCUT2D eigenvalue weighted by Crippen LogP contribution is 2.29. The molecule has 0 radical (unpaired) electrons. The van der Waals surface area contributed by atoms with Gasteiger partial charge in [0.2, 0.25) is 0 Å². The molecule has 0 amide bonds. The third kappa shape index (κ3) is 3.23. The molecule has 2 heterocycles. The molecular weight excluding hydrogens is 326 g/mol. The second-order valence-corrected chi connectivity index (χ2v) is 6.15. The first-order valence-corrected chi connectivity index (χ1v) is 8.57. The monoisotopic (exact) mass is 343 g/mol. The van der Waals surface area contributed by atoms with Gasteiger partial charge in [-0.15, -0.1) is 5.10 Å². The molecule has 0 aliphatic carbocycles. The molecule has 0 spiro atoms. The molecule has 0 aliphatic rings. The lowest BCUT2D eigenvalue weighted by molar-refractivity contribution is -0.142. The van der Waals surface area contributed by atoms with Crippen LogP contribution in [0, 0.1) is 0 Å². The maximum absolute atomic E-state index is 12.0. The van der Waals surface area contributed by atoms with Gasteiger partial charge in [0.15, 0.2) is 11.2 Å². The molecule has 124 valence electrons. The SMILES string of the molecule is CCOC(=O)[C@H](CC)Sc1ncnc2c1nnn2-c1ccccc1. The first kappa shape index (κ1) is 16.4. The van der Waals surface area contributed by atoms with Crippen LogP contribution in [-0.2, 0) is 9.53 Å². The Morgan fingerprint density at radius 1 is 1.25 bits per heavy atom. The molecule has 0 fully saturated rings. The van der Waals surface area contributed by atoms with Gasteiger partial charge in [0, 0.05) is 0 Å². The van der Waals surface area contributed by atoms with Crippen LogP contribution >= 0.6 is 11.8 Å². The van der Waals surface area contributed by atoms with E-state index in [1.807, 2.05) is 37.3 Å². The van der Waals surface area contributed by atoms with E-state index in [0.717, 1.165) is 5.69 Å². The Morgan fingerprint density at radius 3 is 2.75 bits per heavy atom. The van der Waals surface area contributed by atoms with Crippen molar-refractivity contribution in [2.24, 2.45) is 0 Å². The zero-order valence-electron chi connectivity index (χ0n) is 13.4. The molecule has 2 aromatic heterocycles. The van der Waals surface area contributed by atoms with Crippen LogP contribution in [0.1, 0.15) is 20.3 Å². The van der Waals surface area contributed by atoms with Crippen LogP contribution in [0.15, 0.2) is 41.7 Å². The second-order valence-electron chi connectivity index (χ2n) is 4.95. The number of esters is 1. The summed E-state index contributed by atoms with van der Waals surface area (Å²) < 4.78 is 6.77. The Morgan fingerprint density at radius 2 is 2.04 bits per heavy atom. The van der Waals surface area contributed by atoms with Gasteiger partial charge in [-0.25, -0.2) is 9.97 Å². The molecule has 0 unspecified atom stereocenters. The van der Waals surface area contributed by atoms with Crippen LogP contribution in [0.2, 0.25) is 0 Å². The molecule has 0 saturated carbocycles. The van der Waals surface area contributed by atoms with Crippen molar-refractivity contribution in [3.8, 4) is 5.69 Å². The molecule has 0 N–H and O–H groups in total. The summed E-state index contributed by atoms with van der Waals surface area (Å²) in [6.45, 7) is 4.09. The first-order chi connectivity index (χ1) is 11.7. The van der Waals surface area contributed by atoms with Crippen LogP contribution in [0.3, 0.4) is 0 Å². The number of rotatable bonds is 6. The zero-order valence-corrected chi connectivity index (χ0v) is 14.2. The van der Waals surface area contributed by atoms with Crippen molar-refractivity contribution in [3.05, 3.63) is 36.7 Å². The van der Waals surface area contributed by atoms with Gasteiger partial charge >= 0.3 is 5.97 Å². The molecule has 24 heavy (non-hydrogen) atoms. The van der Waals surface area contributed by atoms with Crippen molar-refractivity contribution in [1.29, 1.82) is 0 Å². The summed E-state index contributed by atoms with van der Waals surface area (Å²) in [6, 6.07) is 9.64. The summed E-state index contributed by atoms with van der Waals surface area (Å²) in [4.78, 5) is 20.6. The molecule has 3 rings (SSSR count). The number of nitrogens with zero attached hydrogens (tertiary/aromatic N) is 5. The van der Waals surface area contributed by atoms with Gasteiger partial charge in [-0.2, -0.15) is 4.68 Å². The minimum Gasteiger partial charge on any atom is -0.465 e. The molecule has 8 heteroatoms. The van der Waals surface area contributed by atoms with Crippen molar-refractivity contribution in [1.82, 2.24) is 25.0 Å². The van der Waals surface area contributed by atoms with Gasteiger partial charge in [0.1, 0.15) is 16.6 Å². The number of para-hydroxylation sites is 1. The van der Waals surface area contributed by atoms with E-state index in [2.05, 4.69) is 20.3 Å². The van der Waals surface area contributed by atoms with E-state index in [4.69, 9.17) is 4.74 Å². The van der Waals surface area contributed by atoms with E-state index < -0.39 is 0 Å². The fourth-order valence-corrected chi connectivity index (χ4v) is 3.18. The smallest absolute Gasteiger partial charge is 0.319 e. The van der Waals surface area contributed by atoms with E-state index in [9.17, 15) is 4.79 Å². The van der Waals surface area contributed by atoms with Gasteiger partial charge < -0.3 is 4.74 Å². The third-order valence-corrected chi connectivity index (χ3v) is 4.71. The highest BCUT2D eigenvalue weighted by atomic mass is 32.2. The number of ether oxygens (including phenoxy) is 1. The maximum Gasteiger partial charge on any atom is 0.319 e. The number of fused-ring (bicyclic) bond motifs is 1. The molecule has 7 nitrogen and oxygen atoms in total. The number of hydrogen-bond acceptors (Lipinski definition) is 7. The quantitative estimate of drug-likeness (QED) is 0.386. The highest BCUT2D eigenvalue weighted by molar-refractivity contribution is 8.00. The topological polar surface area (TPSA) is 82.8 Å². The predicted molar refractivity (Wildman–Crippen MR) is 91.0 cm³/mol. The molecule has 0 saturated heterocycles. The lowest BCUT2D eigenvalue weighted by Gasteiger charge is -2.12. The van der Waals surface area contributed by atoms with Crippen LogP contribution in [0.4, 0.5) is 0 Å². The average molecular weight is 343 g/mol. The highest BCUT2D eigenvalue weighted by Gasteiger charge is 2.23. The largest absolute Gasteiger partial charge is 0.465 e. The molecule has 0 aliphatic heterocycles. The fourth-order valence-electron chi connectivity index (χ4n) is 2.23. The summed E-state index contributed by atoms with van der Waals surface area (Å²) in [6.07, 6.45) is 2.10. The average Bonchev–Trinajstić information content (AvgIpc) is 3.05. The summed E-state index contributed by atoms with van der Waals surface area (Å²) in [5.41, 5.74) is 2.05. The standard InChI is InChI=1S/C16H17N5O2S/c1-3-12(16(22)23-4-2)24-15-13-14(17-10-18-15)21(20-19-13)11-8-6-5-7-9-11/h5-10,12H,3-4H2,1-2H3/t12-/m0/s1. The zero-order chi connectivity index (χ0) is 16.9. The molecule has 3 aromatic rings. The number of hydrogen-bond donors (Lipinski definition) is 0. The first-order valence-electron chi connectivity index (χ1n) is 7.69. The van der Waals surface area contributed by atoms with E-state index in [1.165, 1.54) is 18.1 Å². The Balaban J connectivity index is 1.96. The van der Waals surface area contributed by atoms with Crippen LogP contribution in [-0.4, -0.2) is 42.8 Å². The van der Waals surface area contributed by atoms with E-state index in [1.54, 1.807) is 11.6 Å². The number of aromatic nitrogens is 5. The number of carbonyl (C=O) groups excluding carboxylic acids is 1. The van der Waals surface area contributed by atoms with E-state index in [0.29, 0.717) is 29.2 Å². The van der Waals surface area contributed by atoms with Crippen molar-refractivity contribution in [2.75, 3.05) is 6.61 Å². The van der Waals surface area contributed by atoms with Crippen molar-refractivity contribution in [3.63, 3.8) is 0 Å². The Kier molecular flexibility index (Phi) is 5.05. The summed E-state index contributed by atoms with van der Waals surface area (Å²) in [5, 5.41) is 8.68. The van der Waals surface area contributed by atoms with Crippen molar-refractivity contribution in [2.45, 2.75) is 30.5 Å². The number of benzene rings is 1. The Labute approximate surface area is 143 Å². The summed E-state index contributed by atoms with van der Waals surface area (Å²) in [5.74, 6) is -0.243. The summed E-state index contributed by atoms with van der Waals surface area (Å²) in [7, 11) is 0. The predicted octanol–water partition coefficient (Wildman–Crippen LogP) is 2.64. The second kappa shape index (κ2) is 7.39. The van der Waals surface area contributed by atoms with Gasteiger partial charge in [-0.3, -0.25) is 4.79 Å². The molecule has 0 bridgehead atoms. The number of carbonyl (C=O) groups is 1. The van der Waals surface area contributed by atoms with Gasteiger partial charge in [-0.05, 0) is 25.5 Å². The minimum absolute atomic E-state index is 0.243.